The molecule has 0 heterocycles. The van der Waals surface area contributed by atoms with Crippen molar-refractivity contribution in [1.82, 2.24) is 0 Å². The van der Waals surface area contributed by atoms with E-state index < -0.39 is 0 Å². The molecule has 0 aromatic heterocycles. The van der Waals surface area contributed by atoms with Crippen molar-refractivity contribution in [3.05, 3.63) is 156 Å². The van der Waals surface area contributed by atoms with Crippen molar-refractivity contribution >= 4 is 0 Å². The average molecular weight is 459 g/mol. The molecule has 0 N–H and O–H groups in total. The normalized spacial score (nSPS) is 12.1. The fourth-order valence-electron chi connectivity index (χ4n) is 5.05. The van der Waals surface area contributed by atoms with Gasteiger partial charge in [0, 0.05) is 5.41 Å². The molecule has 0 radical (unpaired) electrons. The van der Waals surface area contributed by atoms with Crippen molar-refractivity contribution < 1.29 is 0 Å². The maximum atomic E-state index is 3.36. The van der Waals surface area contributed by atoms with Gasteiger partial charge < -0.3 is 0 Å². The Kier molecular flexibility index (Phi) is 9.04. The molecular weight excluding hydrogens is 420 g/mol. The molecule has 0 bridgehead atoms. The minimum atomic E-state index is -0.0502. The van der Waals surface area contributed by atoms with E-state index in [2.05, 4.69) is 124 Å². The van der Waals surface area contributed by atoms with Crippen molar-refractivity contribution in [2.45, 2.75) is 46.0 Å². The number of rotatable bonds is 4. The van der Waals surface area contributed by atoms with Gasteiger partial charge >= 0.3 is 0 Å². The van der Waals surface area contributed by atoms with Crippen LogP contribution in [0.2, 0.25) is 0 Å². The van der Waals surface area contributed by atoms with Crippen molar-refractivity contribution in [1.29, 1.82) is 0 Å². The van der Waals surface area contributed by atoms with Gasteiger partial charge in [0.1, 0.15) is 0 Å². The lowest BCUT2D eigenvalue weighted by molar-refractivity contribution is 0.519. The Bertz CT molecular complexity index is 1140. The largest absolute Gasteiger partial charge is 0.103 e. The molecule has 35 heavy (non-hydrogen) atoms. The van der Waals surface area contributed by atoms with Crippen molar-refractivity contribution in [2.75, 3.05) is 0 Å². The molecule has 0 saturated carbocycles. The van der Waals surface area contributed by atoms with Gasteiger partial charge in [-0.3, -0.25) is 0 Å². The topological polar surface area (TPSA) is 0 Å². The number of benzene rings is 4. The third kappa shape index (κ3) is 5.89. The van der Waals surface area contributed by atoms with Crippen LogP contribution in [0.3, 0.4) is 0 Å². The van der Waals surface area contributed by atoms with E-state index in [0.717, 1.165) is 12.8 Å². The highest BCUT2D eigenvalue weighted by Crippen LogP contribution is 2.52. The van der Waals surface area contributed by atoms with Gasteiger partial charge in [-0.25, -0.2) is 0 Å². The van der Waals surface area contributed by atoms with Gasteiger partial charge in [0.15, 0.2) is 0 Å². The van der Waals surface area contributed by atoms with E-state index in [0.29, 0.717) is 0 Å². The van der Waals surface area contributed by atoms with Gasteiger partial charge in [-0.2, -0.15) is 0 Å². The van der Waals surface area contributed by atoms with E-state index in [1.54, 1.807) is 12.2 Å². The maximum absolute atomic E-state index is 3.36. The van der Waals surface area contributed by atoms with E-state index in [1.807, 2.05) is 13.8 Å². The molecule has 0 unspecified atom stereocenters. The molecule has 0 atom stereocenters. The second kappa shape index (κ2) is 12.2. The van der Waals surface area contributed by atoms with E-state index in [-0.39, 0.29) is 5.41 Å². The van der Waals surface area contributed by atoms with Gasteiger partial charge in [0.2, 0.25) is 0 Å². The lowest BCUT2D eigenvalue weighted by atomic mass is 9.69. The zero-order valence-corrected chi connectivity index (χ0v) is 21.7. The summed E-state index contributed by atoms with van der Waals surface area (Å²) in [6, 6.07) is 36.0. The lowest BCUT2D eigenvalue weighted by Crippen LogP contribution is -2.31. The van der Waals surface area contributed by atoms with Crippen LogP contribution in [-0.2, 0) is 18.3 Å². The van der Waals surface area contributed by atoms with Gasteiger partial charge in [-0.15, -0.1) is 13.2 Å². The minimum Gasteiger partial charge on any atom is -0.103 e. The van der Waals surface area contributed by atoms with Gasteiger partial charge in [-0.1, -0.05) is 120 Å². The zero-order chi connectivity index (χ0) is 25.3. The van der Waals surface area contributed by atoms with Crippen LogP contribution >= 0.6 is 0 Å². The predicted octanol–water partition coefficient (Wildman–Crippen LogP) is 9.44. The molecule has 5 rings (SSSR count). The summed E-state index contributed by atoms with van der Waals surface area (Å²) in [7, 11) is 0. The zero-order valence-electron chi connectivity index (χ0n) is 21.7. The maximum Gasteiger partial charge on any atom is 0.0295 e. The number of allylic oxidation sites excluding steroid dienone is 2. The Morgan fingerprint density at radius 1 is 0.571 bits per heavy atom. The van der Waals surface area contributed by atoms with Crippen LogP contribution in [0.4, 0.5) is 0 Å². The number of hydrogen-bond donors (Lipinski definition) is 0. The first kappa shape index (κ1) is 26.0. The third-order valence-corrected chi connectivity index (χ3v) is 6.37. The molecule has 0 amide bonds. The molecule has 0 fully saturated rings. The highest BCUT2D eigenvalue weighted by molar-refractivity contribution is 5.82. The Balaban J connectivity index is 0.000000520. The Morgan fingerprint density at radius 3 is 1.26 bits per heavy atom. The molecule has 0 saturated heterocycles. The SMILES string of the molecule is C=CC.C=CC.Cc1ccc2c(c1)C(Cc1ccccc1)(Cc1ccccc1)c1cc(C)ccc1-2. The molecule has 0 aliphatic heterocycles. The number of hydrogen-bond acceptors (Lipinski definition) is 0. The van der Waals surface area contributed by atoms with Crippen LogP contribution in [0.5, 0.6) is 0 Å². The first-order valence-corrected chi connectivity index (χ1v) is 12.4. The first-order valence-electron chi connectivity index (χ1n) is 12.4. The van der Waals surface area contributed by atoms with E-state index >= 15 is 0 Å². The predicted molar refractivity (Wildman–Crippen MR) is 154 cm³/mol. The van der Waals surface area contributed by atoms with Crippen molar-refractivity contribution in [3.8, 4) is 11.1 Å². The molecule has 0 nitrogen and oxygen atoms in total. The molecule has 178 valence electrons. The minimum absolute atomic E-state index is 0.0502. The molecular formula is C35H38. The summed E-state index contributed by atoms with van der Waals surface area (Å²) in [6.45, 7) is 14.9. The molecule has 0 heteroatoms. The Morgan fingerprint density at radius 2 is 0.914 bits per heavy atom. The summed E-state index contributed by atoms with van der Waals surface area (Å²) in [6.07, 6.45) is 5.52. The highest BCUT2D eigenvalue weighted by atomic mass is 14.5. The monoisotopic (exact) mass is 458 g/mol. The van der Waals surface area contributed by atoms with E-state index in [9.17, 15) is 0 Å². The van der Waals surface area contributed by atoms with Crippen molar-refractivity contribution in [3.63, 3.8) is 0 Å². The molecule has 4 aromatic rings. The van der Waals surface area contributed by atoms with Gasteiger partial charge in [-0.05, 0) is 73.9 Å². The summed E-state index contributed by atoms with van der Waals surface area (Å²) < 4.78 is 0. The molecule has 0 spiro atoms. The van der Waals surface area contributed by atoms with Crippen LogP contribution in [-0.4, -0.2) is 0 Å². The van der Waals surface area contributed by atoms with Gasteiger partial charge in [0.25, 0.3) is 0 Å². The van der Waals surface area contributed by atoms with Crippen LogP contribution in [0.1, 0.15) is 47.2 Å². The quantitative estimate of drug-likeness (QED) is 0.267. The van der Waals surface area contributed by atoms with Crippen LogP contribution in [0.25, 0.3) is 11.1 Å². The third-order valence-electron chi connectivity index (χ3n) is 6.37. The fourth-order valence-corrected chi connectivity index (χ4v) is 5.05. The summed E-state index contributed by atoms with van der Waals surface area (Å²) in [5, 5.41) is 0. The molecule has 4 aromatic carbocycles. The first-order chi connectivity index (χ1) is 17.0. The summed E-state index contributed by atoms with van der Waals surface area (Å²) >= 11 is 0. The molecule has 1 aliphatic carbocycles. The second-order valence-electron chi connectivity index (χ2n) is 9.32. The highest BCUT2D eigenvalue weighted by Gasteiger charge is 2.43. The standard InChI is InChI=1S/C29H26.2C3H6/c1-21-13-15-25-26-16-14-22(2)18-28(26)29(27(25)17-21,19-23-9-5-3-6-10-23)20-24-11-7-4-8-12-24;2*1-3-2/h3-18H,19-20H2,1-2H3;2*3H,1H2,2H3. The smallest absolute Gasteiger partial charge is 0.0295 e. The average Bonchev–Trinajstić information content (AvgIpc) is 3.09. The van der Waals surface area contributed by atoms with Crippen LogP contribution in [0.15, 0.2) is 122 Å². The summed E-state index contributed by atoms with van der Waals surface area (Å²) in [5.74, 6) is 0. The second-order valence-corrected chi connectivity index (χ2v) is 9.32. The Labute approximate surface area is 212 Å². The fraction of sp³-hybridized carbons (Fsp3) is 0.200. The van der Waals surface area contributed by atoms with Crippen LogP contribution in [0, 0.1) is 13.8 Å². The van der Waals surface area contributed by atoms with E-state index in [4.69, 9.17) is 0 Å². The Hall–Kier alpha value is -3.64. The summed E-state index contributed by atoms with van der Waals surface area (Å²) in [5.41, 5.74) is 11.2. The lowest BCUT2D eigenvalue weighted by Gasteiger charge is -2.33. The van der Waals surface area contributed by atoms with E-state index in [1.165, 1.54) is 44.5 Å². The molecule has 1 aliphatic rings. The van der Waals surface area contributed by atoms with Crippen molar-refractivity contribution in [2.24, 2.45) is 0 Å². The van der Waals surface area contributed by atoms with Gasteiger partial charge in [0.05, 0.1) is 0 Å². The number of aryl methyl sites for hydroxylation is 2. The van der Waals surface area contributed by atoms with Crippen LogP contribution < -0.4 is 0 Å². The summed E-state index contributed by atoms with van der Waals surface area (Å²) in [4.78, 5) is 0. The number of fused-ring (bicyclic) bond motifs is 3.